The number of hydrogen-bond acceptors (Lipinski definition) is 8. The zero-order valence-corrected chi connectivity index (χ0v) is 12.9. The largest absolute Gasteiger partial charge is 0.390 e. The molecule has 2 aromatic rings. The molecule has 3 unspecified atom stereocenters. The van der Waals surface area contributed by atoms with Gasteiger partial charge in [0.1, 0.15) is 12.4 Å². The molecule has 1 aliphatic rings. The SMILES string of the molecule is Nc1ncnc2c(C3CC(O)C(COP(O)(O)=S)O3)cnn12. The van der Waals surface area contributed by atoms with Gasteiger partial charge in [0, 0.05) is 12.0 Å². The fraction of sp³-hybridized carbons (Fsp3) is 0.500. The number of rotatable bonds is 4. The number of ether oxygens (including phenoxy) is 1. The summed E-state index contributed by atoms with van der Waals surface area (Å²) in [5.74, 6) is 0.191. The average molecular weight is 347 g/mol. The molecule has 3 heterocycles. The quantitative estimate of drug-likeness (QED) is 0.514. The molecule has 0 radical (unpaired) electrons. The van der Waals surface area contributed by atoms with Gasteiger partial charge >= 0.3 is 6.72 Å². The van der Waals surface area contributed by atoms with Gasteiger partial charge in [0.25, 0.3) is 0 Å². The average Bonchev–Trinajstić information content (AvgIpc) is 3.00. The second kappa shape index (κ2) is 5.78. The van der Waals surface area contributed by atoms with Gasteiger partial charge in [-0.05, 0) is 11.8 Å². The molecule has 0 aromatic carbocycles. The molecule has 0 amide bonds. The predicted molar refractivity (Wildman–Crippen MR) is 78.1 cm³/mol. The lowest BCUT2D eigenvalue weighted by molar-refractivity contribution is -0.0186. The van der Waals surface area contributed by atoms with Gasteiger partial charge in [0.05, 0.1) is 25.0 Å². The van der Waals surface area contributed by atoms with Crippen molar-refractivity contribution in [3.05, 3.63) is 18.1 Å². The normalized spacial score (nSPS) is 25.9. The van der Waals surface area contributed by atoms with Crippen molar-refractivity contribution in [2.24, 2.45) is 0 Å². The van der Waals surface area contributed by atoms with Gasteiger partial charge in [0.15, 0.2) is 5.65 Å². The Labute approximate surface area is 129 Å². The lowest BCUT2D eigenvalue weighted by atomic mass is 10.1. The minimum Gasteiger partial charge on any atom is -0.390 e. The first-order valence-electron chi connectivity index (χ1n) is 6.33. The maximum absolute atomic E-state index is 10.0. The van der Waals surface area contributed by atoms with Crippen LogP contribution in [0.15, 0.2) is 12.5 Å². The van der Waals surface area contributed by atoms with Crippen LogP contribution in [0, 0.1) is 0 Å². The van der Waals surface area contributed by atoms with E-state index in [4.69, 9.17) is 24.8 Å². The fourth-order valence-corrected chi connectivity index (χ4v) is 2.85. The molecule has 22 heavy (non-hydrogen) atoms. The van der Waals surface area contributed by atoms with Crippen LogP contribution < -0.4 is 5.73 Å². The molecule has 12 heteroatoms. The highest BCUT2D eigenvalue weighted by atomic mass is 32.5. The molecule has 10 nitrogen and oxygen atoms in total. The monoisotopic (exact) mass is 347 g/mol. The minimum absolute atomic E-state index is 0.191. The van der Waals surface area contributed by atoms with Gasteiger partial charge < -0.3 is 29.9 Å². The molecular formula is C10H14N5O5PS. The van der Waals surface area contributed by atoms with Gasteiger partial charge in [-0.1, -0.05) is 0 Å². The summed E-state index contributed by atoms with van der Waals surface area (Å²) in [6, 6.07) is 0. The number of hydrogen-bond donors (Lipinski definition) is 4. The fourth-order valence-electron chi connectivity index (χ4n) is 2.33. The Hall–Kier alpha value is -1.20. The van der Waals surface area contributed by atoms with E-state index in [1.165, 1.54) is 10.8 Å². The van der Waals surface area contributed by atoms with Crippen LogP contribution in [-0.2, 0) is 21.1 Å². The van der Waals surface area contributed by atoms with E-state index in [0.29, 0.717) is 17.6 Å². The molecule has 2 aromatic heterocycles. The van der Waals surface area contributed by atoms with Gasteiger partial charge in [-0.15, -0.1) is 0 Å². The highest BCUT2D eigenvalue weighted by Crippen LogP contribution is 2.40. The maximum Gasteiger partial charge on any atom is 0.321 e. The van der Waals surface area contributed by atoms with Crippen LogP contribution >= 0.6 is 6.72 Å². The molecule has 3 rings (SSSR count). The van der Waals surface area contributed by atoms with Crippen molar-refractivity contribution in [1.29, 1.82) is 0 Å². The molecule has 1 fully saturated rings. The summed E-state index contributed by atoms with van der Waals surface area (Å²) >= 11 is 4.36. The Balaban J connectivity index is 1.78. The second-order valence-corrected chi connectivity index (χ2v) is 7.49. The van der Waals surface area contributed by atoms with E-state index in [1.54, 1.807) is 6.20 Å². The number of aliphatic hydroxyl groups is 1. The number of nitrogen functional groups attached to an aromatic ring is 1. The third-order valence-corrected chi connectivity index (χ3v) is 4.14. The van der Waals surface area contributed by atoms with E-state index in [0.717, 1.165) is 0 Å². The molecule has 3 atom stereocenters. The number of fused-ring (bicyclic) bond motifs is 1. The molecule has 120 valence electrons. The van der Waals surface area contributed by atoms with Gasteiger partial charge in [0.2, 0.25) is 5.95 Å². The van der Waals surface area contributed by atoms with Crippen LogP contribution in [0.3, 0.4) is 0 Å². The standard InChI is InChI=1S/C10H14N5O5PS/c11-10-13-4-12-9-5(2-14-15(9)10)7-1-6(16)8(20-7)3-19-21(17,18)22/h2,4,6-8,16H,1,3H2,(H2,11,12,13)(H2,17,18,22). The molecule has 0 bridgehead atoms. The van der Waals surface area contributed by atoms with Gasteiger partial charge in [-0.3, -0.25) is 0 Å². The van der Waals surface area contributed by atoms with Crippen molar-refractivity contribution in [2.75, 3.05) is 12.3 Å². The van der Waals surface area contributed by atoms with Gasteiger partial charge in [-0.2, -0.15) is 9.61 Å². The first-order chi connectivity index (χ1) is 10.3. The Bertz CT molecular complexity index is 736. The molecule has 5 N–H and O–H groups in total. The van der Waals surface area contributed by atoms with Crippen LogP contribution in [0.2, 0.25) is 0 Å². The Morgan fingerprint density at radius 3 is 3.00 bits per heavy atom. The van der Waals surface area contributed by atoms with E-state index in [9.17, 15) is 5.11 Å². The molecule has 0 saturated carbocycles. The van der Waals surface area contributed by atoms with Crippen molar-refractivity contribution < 1.29 is 24.2 Å². The van der Waals surface area contributed by atoms with Crippen LogP contribution in [0.25, 0.3) is 5.65 Å². The lowest BCUT2D eigenvalue weighted by Crippen LogP contribution is -2.25. The summed E-state index contributed by atoms with van der Waals surface area (Å²) in [6.07, 6.45) is 1.13. The van der Waals surface area contributed by atoms with Crippen LogP contribution in [0.5, 0.6) is 0 Å². The summed E-state index contributed by atoms with van der Waals surface area (Å²) in [4.78, 5) is 26.1. The van der Waals surface area contributed by atoms with E-state index in [-0.39, 0.29) is 12.6 Å². The molecular weight excluding hydrogens is 333 g/mol. The Morgan fingerprint density at radius 2 is 2.27 bits per heavy atom. The van der Waals surface area contributed by atoms with Crippen LogP contribution in [0.4, 0.5) is 5.95 Å². The lowest BCUT2D eigenvalue weighted by Gasteiger charge is -2.16. The van der Waals surface area contributed by atoms with Crippen molar-refractivity contribution in [1.82, 2.24) is 19.6 Å². The van der Waals surface area contributed by atoms with E-state index in [1.807, 2.05) is 0 Å². The number of nitrogens with zero attached hydrogens (tertiary/aromatic N) is 4. The number of aromatic nitrogens is 4. The maximum atomic E-state index is 10.0. The van der Waals surface area contributed by atoms with E-state index < -0.39 is 25.0 Å². The molecule has 0 spiro atoms. The Morgan fingerprint density at radius 1 is 1.50 bits per heavy atom. The highest BCUT2D eigenvalue weighted by molar-refractivity contribution is 8.06. The molecule has 1 saturated heterocycles. The van der Waals surface area contributed by atoms with Crippen molar-refractivity contribution in [2.45, 2.75) is 24.7 Å². The van der Waals surface area contributed by atoms with Crippen LogP contribution in [0.1, 0.15) is 18.1 Å². The number of nitrogens with two attached hydrogens (primary N) is 1. The zero-order chi connectivity index (χ0) is 15.9. The van der Waals surface area contributed by atoms with E-state index in [2.05, 4.69) is 26.9 Å². The topological polar surface area (TPSA) is 148 Å². The molecule has 0 aliphatic carbocycles. The summed E-state index contributed by atoms with van der Waals surface area (Å²) < 4.78 is 11.8. The number of anilines is 1. The van der Waals surface area contributed by atoms with Gasteiger partial charge in [-0.25, -0.2) is 9.97 Å². The second-order valence-electron chi connectivity index (χ2n) is 4.82. The summed E-state index contributed by atoms with van der Waals surface area (Å²) in [5, 5.41) is 14.1. The highest BCUT2D eigenvalue weighted by Gasteiger charge is 2.37. The zero-order valence-electron chi connectivity index (χ0n) is 11.2. The predicted octanol–water partition coefficient (Wildman–Crippen LogP) is -0.877. The summed E-state index contributed by atoms with van der Waals surface area (Å²) in [6.45, 7) is -3.99. The third kappa shape index (κ3) is 3.10. The van der Waals surface area contributed by atoms with Crippen molar-refractivity contribution in [3.8, 4) is 0 Å². The Kier molecular flexibility index (Phi) is 4.12. The third-order valence-electron chi connectivity index (χ3n) is 3.34. The van der Waals surface area contributed by atoms with E-state index >= 15 is 0 Å². The first kappa shape index (κ1) is 15.7. The van der Waals surface area contributed by atoms with Crippen molar-refractivity contribution >= 4 is 30.1 Å². The molecule has 1 aliphatic heterocycles. The summed E-state index contributed by atoms with van der Waals surface area (Å²) in [7, 11) is 0. The van der Waals surface area contributed by atoms with Crippen molar-refractivity contribution in [3.63, 3.8) is 0 Å². The number of aliphatic hydroxyl groups excluding tert-OH is 1. The first-order valence-corrected chi connectivity index (χ1v) is 8.95. The summed E-state index contributed by atoms with van der Waals surface area (Å²) in [5.41, 5.74) is 6.84. The minimum atomic E-state index is -3.78. The smallest absolute Gasteiger partial charge is 0.321 e. The van der Waals surface area contributed by atoms with Crippen LogP contribution in [-0.4, -0.2) is 53.3 Å².